The zero-order chi connectivity index (χ0) is 11.7. The number of benzene rings is 2. The molecule has 0 spiro atoms. The second-order valence-corrected chi connectivity index (χ2v) is 3.88. The predicted molar refractivity (Wildman–Crippen MR) is 63.2 cm³/mol. The number of oxazole rings is 1. The summed E-state index contributed by atoms with van der Waals surface area (Å²) in [6, 6.07) is 14.1. The van der Waals surface area contributed by atoms with Crippen LogP contribution in [-0.4, -0.2) is 4.98 Å². The molecule has 1 heterocycles. The summed E-state index contributed by atoms with van der Waals surface area (Å²) in [7, 11) is 0. The van der Waals surface area contributed by atoms with Gasteiger partial charge in [0.05, 0.1) is 0 Å². The van der Waals surface area contributed by atoms with Crippen LogP contribution in [0.3, 0.4) is 0 Å². The van der Waals surface area contributed by atoms with E-state index in [0.29, 0.717) is 12.3 Å². The third-order valence-electron chi connectivity index (χ3n) is 2.58. The highest BCUT2D eigenvalue weighted by atomic mass is 19.1. The molecule has 0 bridgehead atoms. The third kappa shape index (κ3) is 2.04. The summed E-state index contributed by atoms with van der Waals surface area (Å²) in [5, 5.41) is 0. The van der Waals surface area contributed by atoms with Crippen molar-refractivity contribution in [3.63, 3.8) is 0 Å². The first-order valence-corrected chi connectivity index (χ1v) is 5.40. The summed E-state index contributed by atoms with van der Waals surface area (Å²) in [5.74, 6) is 0.371. The monoisotopic (exact) mass is 227 g/mol. The van der Waals surface area contributed by atoms with Crippen LogP contribution < -0.4 is 0 Å². The first-order chi connectivity index (χ1) is 8.31. The zero-order valence-electron chi connectivity index (χ0n) is 9.06. The number of hydrogen-bond donors (Lipinski definition) is 0. The minimum absolute atomic E-state index is 0.237. The van der Waals surface area contributed by atoms with Crippen molar-refractivity contribution in [3.8, 4) is 0 Å². The topological polar surface area (TPSA) is 26.0 Å². The molecule has 3 heteroatoms. The number of hydrogen-bond acceptors (Lipinski definition) is 2. The van der Waals surface area contributed by atoms with Gasteiger partial charge in [-0.05, 0) is 29.8 Å². The molecule has 0 unspecified atom stereocenters. The van der Waals surface area contributed by atoms with Crippen LogP contribution >= 0.6 is 0 Å². The van der Waals surface area contributed by atoms with Crippen LogP contribution in [0.15, 0.2) is 52.9 Å². The van der Waals surface area contributed by atoms with Crippen molar-refractivity contribution < 1.29 is 8.81 Å². The Balaban J connectivity index is 1.94. The van der Waals surface area contributed by atoms with Gasteiger partial charge in [0.1, 0.15) is 11.3 Å². The fourth-order valence-electron chi connectivity index (χ4n) is 1.82. The molecule has 0 aliphatic carbocycles. The molecular formula is C14H10FNO. The van der Waals surface area contributed by atoms with Gasteiger partial charge in [0.2, 0.25) is 0 Å². The molecule has 0 aliphatic heterocycles. The van der Waals surface area contributed by atoms with Gasteiger partial charge in [0.15, 0.2) is 11.5 Å². The van der Waals surface area contributed by atoms with E-state index in [1.807, 2.05) is 30.3 Å². The predicted octanol–water partition coefficient (Wildman–Crippen LogP) is 3.56. The minimum atomic E-state index is -0.237. The molecule has 2 nitrogen and oxygen atoms in total. The average molecular weight is 227 g/mol. The number of rotatable bonds is 2. The summed E-state index contributed by atoms with van der Waals surface area (Å²) in [4.78, 5) is 4.35. The highest BCUT2D eigenvalue weighted by Crippen LogP contribution is 2.17. The van der Waals surface area contributed by atoms with Gasteiger partial charge in [-0.1, -0.05) is 24.3 Å². The average Bonchev–Trinajstić information content (AvgIpc) is 2.71. The molecule has 3 rings (SSSR count). The normalized spacial score (nSPS) is 10.9. The van der Waals surface area contributed by atoms with E-state index in [2.05, 4.69) is 4.98 Å². The van der Waals surface area contributed by atoms with Crippen LogP contribution in [0.1, 0.15) is 11.5 Å². The highest BCUT2D eigenvalue weighted by molar-refractivity contribution is 5.72. The number of halogens is 1. The van der Waals surface area contributed by atoms with Crippen molar-refractivity contribution in [2.45, 2.75) is 6.42 Å². The van der Waals surface area contributed by atoms with Crippen LogP contribution in [0, 0.1) is 5.82 Å². The SMILES string of the molecule is Fc1cccc(Cc2nc3ccccc3o2)c1. The van der Waals surface area contributed by atoms with Crippen LogP contribution in [-0.2, 0) is 6.42 Å². The maximum absolute atomic E-state index is 13.0. The molecule has 0 saturated carbocycles. The van der Waals surface area contributed by atoms with E-state index < -0.39 is 0 Å². The molecule has 0 saturated heterocycles. The number of fused-ring (bicyclic) bond motifs is 1. The summed E-state index contributed by atoms with van der Waals surface area (Å²) in [6.07, 6.45) is 0.506. The van der Waals surface area contributed by atoms with Crippen molar-refractivity contribution in [2.24, 2.45) is 0 Å². The van der Waals surface area contributed by atoms with Crippen molar-refractivity contribution in [3.05, 3.63) is 65.8 Å². The highest BCUT2D eigenvalue weighted by Gasteiger charge is 2.06. The maximum atomic E-state index is 13.0. The van der Waals surface area contributed by atoms with Crippen molar-refractivity contribution in [1.82, 2.24) is 4.98 Å². The molecule has 84 valence electrons. The van der Waals surface area contributed by atoms with E-state index in [4.69, 9.17) is 4.42 Å². The molecule has 0 fully saturated rings. The Labute approximate surface area is 97.7 Å². The largest absolute Gasteiger partial charge is 0.440 e. The Kier molecular flexibility index (Phi) is 2.37. The molecule has 0 aliphatic rings. The van der Waals surface area contributed by atoms with E-state index in [1.54, 1.807) is 6.07 Å². The van der Waals surface area contributed by atoms with Crippen LogP contribution in [0.25, 0.3) is 11.1 Å². The van der Waals surface area contributed by atoms with Gasteiger partial charge >= 0.3 is 0 Å². The molecule has 3 aromatic rings. The lowest BCUT2D eigenvalue weighted by Gasteiger charge is -1.96. The Bertz CT molecular complexity index is 627. The summed E-state index contributed by atoms with van der Waals surface area (Å²) in [5.41, 5.74) is 2.45. The lowest BCUT2D eigenvalue weighted by molar-refractivity contribution is 0.543. The minimum Gasteiger partial charge on any atom is -0.440 e. The van der Waals surface area contributed by atoms with E-state index in [9.17, 15) is 4.39 Å². The third-order valence-corrected chi connectivity index (χ3v) is 2.58. The Morgan fingerprint density at radius 2 is 1.94 bits per heavy atom. The molecule has 0 N–H and O–H groups in total. The molecule has 1 aromatic heterocycles. The summed E-state index contributed by atoms with van der Waals surface area (Å²) < 4.78 is 18.6. The molecule has 0 atom stereocenters. The second-order valence-electron chi connectivity index (χ2n) is 3.88. The summed E-state index contributed by atoms with van der Waals surface area (Å²) in [6.45, 7) is 0. The van der Waals surface area contributed by atoms with Crippen molar-refractivity contribution >= 4 is 11.1 Å². The quantitative estimate of drug-likeness (QED) is 0.669. The number of aromatic nitrogens is 1. The molecule has 17 heavy (non-hydrogen) atoms. The van der Waals surface area contributed by atoms with Crippen molar-refractivity contribution in [1.29, 1.82) is 0 Å². The maximum Gasteiger partial charge on any atom is 0.199 e. The van der Waals surface area contributed by atoms with Gasteiger partial charge in [-0.25, -0.2) is 9.37 Å². The molecule has 0 amide bonds. The van der Waals surface area contributed by atoms with E-state index in [-0.39, 0.29) is 5.82 Å². The van der Waals surface area contributed by atoms with Crippen LogP contribution in [0.2, 0.25) is 0 Å². The number of para-hydroxylation sites is 2. The van der Waals surface area contributed by atoms with Gasteiger partial charge in [0.25, 0.3) is 0 Å². The smallest absolute Gasteiger partial charge is 0.199 e. The molecule has 2 aromatic carbocycles. The second kappa shape index (κ2) is 4.01. The fourth-order valence-corrected chi connectivity index (χ4v) is 1.82. The first-order valence-electron chi connectivity index (χ1n) is 5.40. The fraction of sp³-hybridized carbons (Fsp3) is 0.0714. The lowest BCUT2D eigenvalue weighted by Crippen LogP contribution is -1.88. The van der Waals surface area contributed by atoms with Gasteiger partial charge in [-0.2, -0.15) is 0 Å². The van der Waals surface area contributed by atoms with E-state index in [0.717, 1.165) is 16.7 Å². The Morgan fingerprint density at radius 1 is 1.06 bits per heavy atom. The van der Waals surface area contributed by atoms with Gasteiger partial charge < -0.3 is 4.42 Å². The summed E-state index contributed by atoms with van der Waals surface area (Å²) >= 11 is 0. The van der Waals surface area contributed by atoms with Gasteiger partial charge in [-0.15, -0.1) is 0 Å². The Morgan fingerprint density at radius 3 is 2.76 bits per heavy atom. The molecular weight excluding hydrogens is 217 g/mol. The van der Waals surface area contributed by atoms with Crippen LogP contribution in [0.5, 0.6) is 0 Å². The lowest BCUT2D eigenvalue weighted by atomic mass is 10.1. The van der Waals surface area contributed by atoms with Gasteiger partial charge in [0, 0.05) is 6.42 Å². The first kappa shape index (κ1) is 10.0. The van der Waals surface area contributed by atoms with Crippen molar-refractivity contribution in [2.75, 3.05) is 0 Å². The number of nitrogens with zero attached hydrogens (tertiary/aromatic N) is 1. The van der Waals surface area contributed by atoms with Crippen LogP contribution in [0.4, 0.5) is 4.39 Å². The zero-order valence-corrected chi connectivity index (χ0v) is 9.06. The van der Waals surface area contributed by atoms with Gasteiger partial charge in [-0.3, -0.25) is 0 Å². The molecule has 0 radical (unpaired) electrons. The standard InChI is InChI=1S/C14H10FNO/c15-11-5-3-4-10(8-11)9-14-16-12-6-1-2-7-13(12)17-14/h1-8H,9H2. The van der Waals surface area contributed by atoms with E-state index >= 15 is 0 Å². The Hall–Kier alpha value is -2.16. The van der Waals surface area contributed by atoms with E-state index in [1.165, 1.54) is 12.1 Å².